The molecule has 0 aliphatic carbocycles. The lowest BCUT2D eigenvalue weighted by Gasteiger charge is -2.33. The number of phenolic OH excluding ortho intramolecular Hbond substituents is 1. The van der Waals surface area contributed by atoms with Crippen molar-refractivity contribution in [3.8, 4) is 5.75 Å². The molecule has 1 aromatic carbocycles. The van der Waals surface area contributed by atoms with Crippen LogP contribution in [0.1, 0.15) is 91.8 Å². The first kappa shape index (κ1) is 21.5. The second-order valence-corrected chi connectivity index (χ2v) is 10.1. The third kappa shape index (κ3) is 5.23. The Morgan fingerprint density at radius 3 is 1.68 bits per heavy atom. The molecule has 2 N–H and O–H groups in total. The van der Waals surface area contributed by atoms with Crippen molar-refractivity contribution in [3.63, 3.8) is 0 Å². The zero-order valence-electron chi connectivity index (χ0n) is 17.4. The normalized spacial score (nSPS) is 14.4. The van der Waals surface area contributed by atoms with Gasteiger partial charge >= 0.3 is 5.97 Å². The van der Waals surface area contributed by atoms with Crippen molar-refractivity contribution in [3.05, 3.63) is 28.8 Å². The van der Waals surface area contributed by atoms with Crippen LogP contribution in [0.5, 0.6) is 5.75 Å². The highest BCUT2D eigenvalue weighted by atomic mass is 16.4. The summed E-state index contributed by atoms with van der Waals surface area (Å²) in [6.07, 6.45) is 1.43. The fourth-order valence-corrected chi connectivity index (χ4v) is 3.01. The maximum absolute atomic E-state index is 11.1. The molecule has 0 aromatic heterocycles. The number of carboxylic acids is 1. The van der Waals surface area contributed by atoms with Gasteiger partial charge in [0.05, 0.1) is 5.92 Å². The molecule has 3 heteroatoms. The molecule has 0 amide bonds. The van der Waals surface area contributed by atoms with Crippen LogP contribution in [0, 0.1) is 5.92 Å². The Balaban J connectivity index is 3.41. The van der Waals surface area contributed by atoms with Crippen LogP contribution in [0.4, 0.5) is 0 Å². The molecule has 1 atom stereocenters. The topological polar surface area (TPSA) is 57.5 Å². The van der Waals surface area contributed by atoms with Crippen LogP contribution in [-0.4, -0.2) is 16.2 Å². The third-order valence-corrected chi connectivity index (χ3v) is 5.13. The van der Waals surface area contributed by atoms with Gasteiger partial charge in [-0.05, 0) is 45.8 Å². The van der Waals surface area contributed by atoms with E-state index in [2.05, 4.69) is 67.5 Å². The summed E-state index contributed by atoms with van der Waals surface area (Å²) < 4.78 is 0. The first-order valence-electron chi connectivity index (χ1n) is 9.18. The van der Waals surface area contributed by atoms with Gasteiger partial charge in [-0.25, -0.2) is 0 Å². The molecule has 0 saturated heterocycles. The lowest BCUT2D eigenvalue weighted by molar-refractivity contribution is -0.141. The number of hydrogen-bond acceptors (Lipinski definition) is 2. The summed E-state index contributed by atoms with van der Waals surface area (Å²) in [7, 11) is 0. The number of phenols is 1. The number of carbonyl (C=O) groups is 1. The summed E-state index contributed by atoms with van der Waals surface area (Å²) in [5.74, 6) is -0.703. The minimum atomic E-state index is -0.743. The predicted octanol–water partition coefficient (Wildman–Crippen LogP) is 5.77. The molecule has 0 aliphatic heterocycles. The van der Waals surface area contributed by atoms with E-state index in [0.717, 1.165) is 23.1 Å². The molecule has 0 spiro atoms. The number of hydrogen-bond donors (Lipinski definition) is 2. The lowest BCUT2D eigenvalue weighted by Crippen LogP contribution is -2.24. The Labute approximate surface area is 153 Å². The van der Waals surface area contributed by atoms with Gasteiger partial charge in [-0.2, -0.15) is 0 Å². The molecule has 1 aromatic rings. The van der Waals surface area contributed by atoms with E-state index in [1.165, 1.54) is 0 Å². The first-order chi connectivity index (χ1) is 11.1. The van der Waals surface area contributed by atoms with Crippen molar-refractivity contribution < 1.29 is 15.0 Å². The van der Waals surface area contributed by atoms with Crippen LogP contribution in [0.25, 0.3) is 0 Å². The zero-order valence-corrected chi connectivity index (χ0v) is 17.4. The van der Waals surface area contributed by atoms with Crippen molar-refractivity contribution in [1.82, 2.24) is 0 Å². The predicted molar refractivity (Wildman–Crippen MR) is 105 cm³/mol. The molecule has 0 aliphatic rings. The average molecular weight is 349 g/mol. The highest BCUT2D eigenvalue weighted by Crippen LogP contribution is 2.43. The van der Waals surface area contributed by atoms with Crippen molar-refractivity contribution in [2.75, 3.05) is 0 Å². The Morgan fingerprint density at radius 1 is 0.960 bits per heavy atom. The average Bonchev–Trinajstić information content (AvgIpc) is 2.42. The number of rotatable bonds is 5. The minimum absolute atomic E-state index is 0.155. The molecular weight excluding hydrogens is 312 g/mol. The molecule has 1 unspecified atom stereocenters. The van der Waals surface area contributed by atoms with Crippen LogP contribution in [0.15, 0.2) is 12.1 Å². The fourth-order valence-electron chi connectivity index (χ4n) is 3.01. The lowest BCUT2D eigenvalue weighted by atomic mass is 9.72. The largest absolute Gasteiger partial charge is 0.507 e. The van der Waals surface area contributed by atoms with Gasteiger partial charge in [0, 0.05) is 0 Å². The van der Waals surface area contributed by atoms with Crippen LogP contribution in [0.3, 0.4) is 0 Å². The summed E-state index contributed by atoms with van der Waals surface area (Å²) in [4.78, 5) is 11.1. The highest BCUT2D eigenvalue weighted by Gasteiger charge is 2.31. The standard InChI is InChI=1S/C22H36O3/c1-14(19(24)25)10-11-22(8,9)15-12-16(20(2,3)4)18(23)17(13-15)21(5,6)7/h12-14,23H,10-11H2,1-9H3,(H,24,25). The Kier molecular flexibility index (Phi) is 6.04. The number of aromatic hydroxyl groups is 1. The van der Waals surface area contributed by atoms with Crippen LogP contribution < -0.4 is 0 Å². The molecule has 0 bridgehead atoms. The van der Waals surface area contributed by atoms with E-state index in [0.29, 0.717) is 12.2 Å². The third-order valence-electron chi connectivity index (χ3n) is 5.13. The summed E-state index contributed by atoms with van der Waals surface area (Å²) in [6.45, 7) is 18.7. The van der Waals surface area contributed by atoms with Gasteiger partial charge in [0.2, 0.25) is 0 Å². The number of carboxylic acid groups (broad SMARTS) is 1. The molecule has 1 rings (SSSR count). The quantitative estimate of drug-likeness (QED) is 0.710. The van der Waals surface area contributed by atoms with E-state index in [4.69, 9.17) is 5.11 Å². The van der Waals surface area contributed by atoms with E-state index in [1.54, 1.807) is 6.92 Å². The van der Waals surface area contributed by atoms with E-state index in [9.17, 15) is 9.90 Å². The molecule has 142 valence electrons. The van der Waals surface area contributed by atoms with Gasteiger partial charge in [-0.1, -0.05) is 74.4 Å². The fraction of sp³-hybridized carbons (Fsp3) is 0.682. The van der Waals surface area contributed by atoms with E-state index >= 15 is 0 Å². The molecule has 0 fully saturated rings. The van der Waals surface area contributed by atoms with E-state index < -0.39 is 5.97 Å². The minimum Gasteiger partial charge on any atom is -0.507 e. The van der Waals surface area contributed by atoms with Crippen molar-refractivity contribution in [2.45, 2.75) is 91.4 Å². The number of aliphatic carboxylic acids is 1. The van der Waals surface area contributed by atoms with E-state index in [-0.39, 0.29) is 22.2 Å². The van der Waals surface area contributed by atoms with Gasteiger partial charge in [0.25, 0.3) is 0 Å². The molecule has 0 radical (unpaired) electrons. The molecular formula is C22H36O3. The van der Waals surface area contributed by atoms with Gasteiger partial charge < -0.3 is 10.2 Å². The molecule has 25 heavy (non-hydrogen) atoms. The monoisotopic (exact) mass is 348 g/mol. The summed E-state index contributed by atoms with van der Waals surface area (Å²) >= 11 is 0. The Morgan fingerprint density at radius 2 is 1.36 bits per heavy atom. The number of benzene rings is 1. The van der Waals surface area contributed by atoms with E-state index in [1.807, 2.05) is 0 Å². The second-order valence-electron chi connectivity index (χ2n) is 10.1. The van der Waals surface area contributed by atoms with Gasteiger partial charge in [-0.15, -0.1) is 0 Å². The highest BCUT2D eigenvalue weighted by molar-refractivity contribution is 5.69. The van der Waals surface area contributed by atoms with Crippen molar-refractivity contribution in [1.29, 1.82) is 0 Å². The summed E-state index contributed by atoms with van der Waals surface area (Å²) in [5, 5.41) is 20.0. The second kappa shape index (κ2) is 7.01. The molecule has 3 nitrogen and oxygen atoms in total. The van der Waals surface area contributed by atoms with Crippen molar-refractivity contribution >= 4 is 5.97 Å². The summed E-state index contributed by atoms with van der Waals surface area (Å²) in [6, 6.07) is 4.21. The Bertz CT molecular complexity index is 593. The van der Waals surface area contributed by atoms with Crippen molar-refractivity contribution in [2.24, 2.45) is 5.92 Å². The maximum Gasteiger partial charge on any atom is 0.306 e. The smallest absolute Gasteiger partial charge is 0.306 e. The molecule has 0 saturated carbocycles. The van der Waals surface area contributed by atoms with Crippen LogP contribution in [0.2, 0.25) is 0 Å². The van der Waals surface area contributed by atoms with Gasteiger partial charge in [-0.3, -0.25) is 4.79 Å². The zero-order chi connectivity index (χ0) is 19.8. The molecule has 0 heterocycles. The summed E-state index contributed by atoms with van der Waals surface area (Å²) in [5.41, 5.74) is 2.59. The first-order valence-corrected chi connectivity index (χ1v) is 9.18. The Hall–Kier alpha value is -1.51. The van der Waals surface area contributed by atoms with Gasteiger partial charge in [0.15, 0.2) is 0 Å². The van der Waals surface area contributed by atoms with Crippen LogP contribution in [-0.2, 0) is 21.0 Å². The SMILES string of the molecule is CC(CCC(C)(C)c1cc(C(C)(C)C)c(O)c(C(C)(C)C)c1)C(=O)O. The van der Waals surface area contributed by atoms with Crippen LogP contribution >= 0.6 is 0 Å². The van der Waals surface area contributed by atoms with Gasteiger partial charge in [0.1, 0.15) is 5.75 Å². The maximum atomic E-state index is 11.1.